The van der Waals surface area contributed by atoms with Gasteiger partial charge in [0.25, 0.3) is 0 Å². The van der Waals surface area contributed by atoms with Crippen LogP contribution in [-0.2, 0) is 14.3 Å². The molecule has 0 bridgehead atoms. The van der Waals surface area contributed by atoms with Crippen molar-refractivity contribution in [3.05, 3.63) is 12.2 Å². The molecule has 3 N–H and O–H groups in total. The van der Waals surface area contributed by atoms with Crippen LogP contribution < -0.4 is 5.32 Å². The second-order valence-corrected chi connectivity index (χ2v) is 24.2. The number of amides is 1. The van der Waals surface area contributed by atoms with E-state index < -0.39 is 12.1 Å². The number of hydrogen-bond donors (Lipinski definition) is 3. The van der Waals surface area contributed by atoms with Crippen LogP contribution in [0.5, 0.6) is 0 Å². The Morgan fingerprint density at radius 3 is 0.934 bits per heavy atom. The molecule has 76 heavy (non-hydrogen) atoms. The second-order valence-electron chi connectivity index (χ2n) is 24.2. The molecule has 0 aliphatic carbocycles. The molecule has 0 aromatic rings. The zero-order chi connectivity index (χ0) is 55.0. The summed E-state index contributed by atoms with van der Waals surface area (Å²) in [4.78, 5) is 24.5. The Kier molecular flexibility index (Phi) is 64.9. The summed E-state index contributed by atoms with van der Waals surface area (Å²) in [6, 6.07) is -0.535. The van der Waals surface area contributed by atoms with E-state index in [0.29, 0.717) is 25.9 Å². The Morgan fingerprint density at radius 1 is 0.355 bits per heavy atom. The van der Waals surface area contributed by atoms with Crippen LogP contribution in [0.2, 0.25) is 0 Å². The van der Waals surface area contributed by atoms with Gasteiger partial charge >= 0.3 is 5.97 Å². The molecule has 1 amide bonds. The smallest absolute Gasteiger partial charge is 0.305 e. The Labute approximate surface area is 476 Å². The zero-order valence-electron chi connectivity index (χ0n) is 51.8. The number of rotatable bonds is 66. The van der Waals surface area contributed by atoms with Gasteiger partial charge in [-0.2, -0.15) is 0 Å². The van der Waals surface area contributed by atoms with E-state index in [2.05, 4.69) is 31.3 Å². The first kappa shape index (κ1) is 74.6. The number of aliphatic hydroxyl groups is 2. The van der Waals surface area contributed by atoms with Gasteiger partial charge in [0.1, 0.15) is 0 Å². The summed E-state index contributed by atoms with van der Waals surface area (Å²) in [5.41, 5.74) is 0. The normalized spacial score (nSPS) is 12.5. The number of nitrogens with one attached hydrogen (secondary N) is 1. The third kappa shape index (κ3) is 61.8. The molecule has 0 saturated heterocycles. The van der Waals surface area contributed by atoms with E-state index in [-0.39, 0.29) is 18.5 Å². The second kappa shape index (κ2) is 66.1. The molecule has 2 atom stereocenters. The van der Waals surface area contributed by atoms with Crippen molar-refractivity contribution in [2.24, 2.45) is 0 Å². The summed E-state index contributed by atoms with van der Waals surface area (Å²) in [7, 11) is 0. The number of hydrogen-bond acceptors (Lipinski definition) is 5. The van der Waals surface area contributed by atoms with E-state index in [0.717, 1.165) is 38.5 Å². The predicted molar refractivity (Wildman–Crippen MR) is 333 cm³/mol. The summed E-state index contributed by atoms with van der Waals surface area (Å²) in [6.07, 6.45) is 81.4. The van der Waals surface area contributed by atoms with Gasteiger partial charge in [-0.05, 0) is 51.4 Å². The first-order valence-electron chi connectivity index (χ1n) is 34.9. The summed E-state index contributed by atoms with van der Waals surface area (Å²) in [6.45, 7) is 4.97. The van der Waals surface area contributed by atoms with Crippen LogP contribution in [-0.4, -0.2) is 47.4 Å². The minimum absolute atomic E-state index is 0.0238. The third-order valence-electron chi connectivity index (χ3n) is 16.6. The molecule has 0 aliphatic rings. The number of carbonyl (C=O) groups is 2. The van der Waals surface area contributed by atoms with Crippen molar-refractivity contribution in [1.82, 2.24) is 5.32 Å². The lowest BCUT2D eigenvalue weighted by atomic mass is 10.0. The van der Waals surface area contributed by atoms with Gasteiger partial charge in [0.15, 0.2) is 0 Å². The molecular formula is C70H137NO5. The summed E-state index contributed by atoms with van der Waals surface area (Å²) < 4.78 is 5.50. The summed E-state index contributed by atoms with van der Waals surface area (Å²) in [5, 5.41) is 23.1. The Hall–Kier alpha value is -1.40. The maximum absolute atomic E-state index is 12.4. The molecule has 2 unspecified atom stereocenters. The van der Waals surface area contributed by atoms with Gasteiger partial charge < -0.3 is 20.3 Å². The lowest BCUT2D eigenvalue weighted by Gasteiger charge is -2.22. The van der Waals surface area contributed by atoms with Crippen LogP contribution in [0.3, 0.4) is 0 Å². The van der Waals surface area contributed by atoms with Crippen molar-refractivity contribution in [1.29, 1.82) is 0 Å². The van der Waals surface area contributed by atoms with Crippen molar-refractivity contribution in [2.45, 2.75) is 411 Å². The molecule has 0 aromatic carbocycles. The minimum atomic E-state index is -0.658. The highest BCUT2D eigenvalue weighted by Crippen LogP contribution is 2.19. The van der Waals surface area contributed by atoms with Gasteiger partial charge in [0.05, 0.1) is 25.4 Å². The predicted octanol–water partition coefficient (Wildman–Crippen LogP) is 22.4. The first-order chi connectivity index (χ1) is 37.5. The highest BCUT2D eigenvalue weighted by molar-refractivity contribution is 5.76. The van der Waals surface area contributed by atoms with Crippen LogP contribution in [0.4, 0.5) is 0 Å². The molecular weight excluding hydrogens is 935 g/mol. The molecule has 0 saturated carbocycles. The van der Waals surface area contributed by atoms with Crippen LogP contribution in [0, 0.1) is 0 Å². The lowest BCUT2D eigenvalue weighted by Crippen LogP contribution is -2.45. The zero-order valence-corrected chi connectivity index (χ0v) is 51.8. The molecule has 452 valence electrons. The summed E-state index contributed by atoms with van der Waals surface area (Å²) in [5.74, 6) is -0.00796. The van der Waals surface area contributed by atoms with E-state index in [1.165, 1.54) is 327 Å². The Balaban J connectivity index is 3.29. The van der Waals surface area contributed by atoms with Crippen LogP contribution in [0.25, 0.3) is 0 Å². The number of unbranched alkanes of at least 4 members (excludes halogenated alkanes) is 53. The molecule has 0 rings (SSSR count). The third-order valence-corrected chi connectivity index (χ3v) is 16.6. The van der Waals surface area contributed by atoms with E-state index >= 15 is 0 Å². The van der Waals surface area contributed by atoms with Crippen molar-refractivity contribution >= 4 is 11.9 Å². The highest BCUT2D eigenvalue weighted by Gasteiger charge is 2.20. The molecule has 0 radical (unpaired) electrons. The fourth-order valence-corrected chi connectivity index (χ4v) is 11.2. The summed E-state index contributed by atoms with van der Waals surface area (Å²) >= 11 is 0. The first-order valence-corrected chi connectivity index (χ1v) is 34.9. The number of ether oxygens (including phenoxy) is 1. The van der Waals surface area contributed by atoms with Gasteiger partial charge in [-0.3, -0.25) is 9.59 Å². The number of allylic oxidation sites excluding steroid dienone is 2. The standard InChI is InChI=1S/C70H137NO5/c1-3-5-7-9-11-13-14-15-37-41-44-48-52-56-60-64-70(75)76-65-61-57-53-49-45-42-39-36-34-32-30-28-26-24-22-20-18-16-17-19-21-23-25-27-29-31-33-35-38-40-43-47-51-55-59-63-69(74)71-67(66-72)68(73)62-58-54-50-46-12-10-8-6-4-2/h18,20,67-68,72-73H,3-17,19,21-66H2,1-2H3,(H,71,74)/b20-18-. The lowest BCUT2D eigenvalue weighted by molar-refractivity contribution is -0.143. The van der Waals surface area contributed by atoms with Crippen LogP contribution >= 0.6 is 0 Å². The van der Waals surface area contributed by atoms with Gasteiger partial charge in [0, 0.05) is 12.8 Å². The number of carbonyl (C=O) groups excluding carboxylic acids is 2. The minimum Gasteiger partial charge on any atom is -0.466 e. The molecule has 0 fully saturated rings. The van der Waals surface area contributed by atoms with Gasteiger partial charge in [-0.15, -0.1) is 0 Å². The molecule has 0 heterocycles. The molecule has 6 heteroatoms. The topological polar surface area (TPSA) is 95.9 Å². The fourth-order valence-electron chi connectivity index (χ4n) is 11.2. The largest absolute Gasteiger partial charge is 0.466 e. The average Bonchev–Trinajstić information content (AvgIpc) is 3.42. The molecule has 0 spiro atoms. The highest BCUT2D eigenvalue weighted by atomic mass is 16.5. The Bertz CT molecular complexity index is 1140. The van der Waals surface area contributed by atoms with Crippen molar-refractivity contribution < 1.29 is 24.5 Å². The van der Waals surface area contributed by atoms with Crippen LogP contribution in [0.1, 0.15) is 399 Å². The molecule has 0 aliphatic heterocycles. The molecule has 0 aromatic heterocycles. The van der Waals surface area contributed by atoms with E-state index in [1.54, 1.807) is 0 Å². The quantitative estimate of drug-likeness (QED) is 0.0320. The fraction of sp³-hybridized carbons (Fsp3) is 0.943. The van der Waals surface area contributed by atoms with Crippen molar-refractivity contribution in [2.75, 3.05) is 13.2 Å². The van der Waals surface area contributed by atoms with Crippen molar-refractivity contribution in [3.8, 4) is 0 Å². The van der Waals surface area contributed by atoms with Crippen molar-refractivity contribution in [3.63, 3.8) is 0 Å². The Morgan fingerprint density at radius 2 is 0.618 bits per heavy atom. The molecule has 6 nitrogen and oxygen atoms in total. The van der Waals surface area contributed by atoms with Gasteiger partial charge in [-0.1, -0.05) is 347 Å². The van der Waals surface area contributed by atoms with E-state index in [9.17, 15) is 19.8 Å². The number of esters is 1. The SMILES string of the molecule is CCCCCCCCCCCCCCCCCC(=O)OCCCCCCCCCCCCCCCC/C=C\CCCCCCCCCCCCCCCCCCCC(=O)NC(CO)C(O)CCCCCCCCCCC. The maximum atomic E-state index is 12.4. The van der Waals surface area contributed by atoms with Gasteiger partial charge in [-0.25, -0.2) is 0 Å². The van der Waals surface area contributed by atoms with Crippen LogP contribution in [0.15, 0.2) is 12.2 Å². The average molecular weight is 1070 g/mol. The monoisotopic (exact) mass is 1070 g/mol. The number of aliphatic hydroxyl groups excluding tert-OH is 2. The van der Waals surface area contributed by atoms with E-state index in [1.807, 2.05) is 0 Å². The van der Waals surface area contributed by atoms with Gasteiger partial charge in [0.2, 0.25) is 5.91 Å². The van der Waals surface area contributed by atoms with E-state index in [4.69, 9.17) is 4.74 Å². The maximum Gasteiger partial charge on any atom is 0.305 e.